The lowest BCUT2D eigenvalue weighted by molar-refractivity contribution is 0.0766. The molecule has 1 fully saturated rings. The number of rotatable bonds is 8. The summed E-state index contributed by atoms with van der Waals surface area (Å²) in [5.74, 6) is 0.646. The first-order chi connectivity index (χ1) is 14.9. The van der Waals surface area contributed by atoms with E-state index >= 15 is 0 Å². The summed E-state index contributed by atoms with van der Waals surface area (Å²) in [6, 6.07) is 14.1. The molecule has 3 rings (SSSR count). The molecule has 1 amide bonds. The minimum atomic E-state index is -3.70. The van der Waals surface area contributed by atoms with Crippen molar-refractivity contribution in [2.75, 3.05) is 58.5 Å². The molecule has 1 aliphatic rings. The van der Waals surface area contributed by atoms with Crippen molar-refractivity contribution >= 4 is 21.6 Å². The average molecular weight is 448 g/mol. The summed E-state index contributed by atoms with van der Waals surface area (Å²) in [7, 11) is -0.553. The van der Waals surface area contributed by atoms with Gasteiger partial charge in [-0.05, 0) is 48.9 Å². The molecule has 0 bridgehead atoms. The van der Waals surface area contributed by atoms with Gasteiger partial charge in [0.05, 0.1) is 18.6 Å². The number of sulfonamides is 1. The fraction of sp³-hybridized carbons (Fsp3) is 0.409. The molecule has 0 spiro atoms. The van der Waals surface area contributed by atoms with E-state index in [9.17, 15) is 13.2 Å². The van der Waals surface area contributed by atoms with Gasteiger partial charge in [-0.25, -0.2) is 13.1 Å². The lowest BCUT2D eigenvalue weighted by Gasteiger charge is -2.24. The van der Waals surface area contributed by atoms with Gasteiger partial charge in [-0.3, -0.25) is 4.79 Å². The third-order valence-corrected chi connectivity index (χ3v) is 6.67. The first-order valence-electron chi connectivity index (χ1n) is 10.2. The van der Waals surface area contributed by atoms with Crippen LogP contribution in [0.15, 0.2) is 53.4 Å². The smallest absolute Gasteiger partial charge is 0.253 e. The largest absolute Gasteiger partial charge is 0.497 e. The number of anilines is 1. The molecule has 0 radical (unpaired) electrons. The number of carbonyl (C=O) groups is 1. The summed E-state index contributed by atoms with van der Waals surface area (Å²) < 4.78 is 37.5. The molecular formula is C22H29N3O5S. The van der Waals surface area contributed by atoms with Gasteiger partial charge in [-0.2, -0.15) is 0 Å². The molecule has 31 heavy (non-hydrogen) atoms. The van der Waals surface area contributed by atoms with Gasteiger partial charge in [0.15, 0.2) is 0 Å². The quantitative estimate of drug-likeness (QED) is 0.623. The first kappa shape index (κ1) is 23.1. The number of hydrogen-bond donors (Lipinski definition) is 1. The monoisotopic (exact) mass is 447 g/mol. The number of nitrogens with one attached hydrogen (secondary N) is 1. The molecule has 0 atom stereocenters. The summed E-state index contributed by atoms with van der Waals surface area (Å²) in [6.07, 6.45) is 0.828. The van der Waals surface area contributed by atoms with E-state index < -0.39 is 10.0 Å². The number of carbonyl (C=O) groups excluding carboxylic acids is 1. The highest BCUT2D eigenvalue weighted by atomic mass is 32.2. The van der Waals surface area contributed by atoms with Crippen LogP contribution in [0.3, 0.4) is 0 Å². The molecule has 1 aliphatic heterocycles. The Morgan fingerprint density at radius 1 is 1.03 bits per heavy atom. The van der Waals surface area contributed by atoms with E-state index in [4.69, 9.17) is 9.47 Å². The predicted molar refractivity (Wildman–Crippen MR) is 119 cm³/mol. The second-order valence-electron chi connectivity index (χ2n) is 7.25. The van der Waals surface area contributed by atoms with Crippen LogP contribution in [0.2, 0.25) is 0 Å². The Hall–Kier alpha value is -2.62. The van der Waals surface area contributed by atoms with E-state index in [0.717, 1.165) is 24.4 Å². The van der Waals surface area contributed by atoms with Crippen LogP contribution < -0.4 is 14.4 Å². The summed E-state index contributed by atoms with van der Waals surface area (Å²) in [4.78, 5) is 17.2. The Labute approximate surface area is 183 Å². The molecule has 8 nitrogen and oxygen atoms in total. The number of methoxy groups -OCH3 is 2. The van der Waals surface area contributed by atoms with Gasteiger partial charge in [-0.15, -0.1) is 0 Å². The Morgan fingerprint density at radius 3 is 2.52 bits per heavy atom. The number of nitrogens with zero attached hydrogens (tertiary/aromatic N) is 2. The molecule has 2 aromatic carbocycles. The van der Waals surface area contributed by atoms with Crippen molar-refractivity contribution in [3.8, 4) is 5.75 Å². The lowest BCUT2D eigenvalue weighted by atomic mass is 10.2. The van der Waals surface area contributed by atoms with Crippen LogP contribution in [0.5, 0.6) is 5.75 Å². The zero-order chi connectivity index (χ0) is 22.3. The van der Waals surface area contributed by atoms with Crippen LogP contribution in [0.25, 0.3) is 0 Å². The maximum Gasteiger partial charge on any atom is 0.253 e. The van der Waals surface area contributed by atoms with E-state index in [1.165, 1.54) is 19.2 Å². The van der Waals surface area contributed by atoms with Gasteiger partial charge in [0.2, 0.25) is 10.0 Å². The minimum absolute atomic E-state index is 0.0733. The number of benzene rings is 2. The molecular weight excluding hydrogens is 418 g/mol. The molecule has 0 saturated carbocycles. The van der Waals surface area contributed by atoms with Crippen molar-refractivity contribution in [3.63, 3.8) is 0 Å². The Bertz CT molecular complexity index is 979. The fourth-order valence-corrected chi connectivity index (χ4v) is 4.57. The molecule has 0 aromatic heterocycles. The molecule has 2 aromatic rings. The SMILES string of the molecule is COCCNS(=O)(=O)c1cccc(C(=O)N2CCCN(c3ccc(OC)cc3)CC2)c1. The van der Waals surface area contributed by atoms with Crippen molar-refractivity contribution in [1.82, 2.24) is 9.62 Å². The highest BCUT2D eigenvalue weighted by Crippen LogP contribution is 2.21. The van der Waals surface area contributed by atoms with Gasteiger partial charge >= 0.3 is 0 Å². The van der Waals surface area contributed by atoms with Gasteiger partial charge in [-0.1, -0.05) is 6.07 Å². The minimum Gasteiger partial charge on any atom is -0.497 e. The molecule has 168 valence electrons. The standard InChI is InChI=1S/C22H29N3O5S/c1-29-16-11-23-31(27,28)21-6-3-5-18(17-21)22(26)25-13-4-12-24(14-15-25)19-7-9-20(30-2)10-8-19/h3,5-10,17,23H,4,11-16H2,1-2H3. The average Bonchev–Trinajstić information content (AvgIpc) is 3.05. The maximum atomic E-state index is 13.1. The summed E-state index contributed by atoms with van der Waals surface area (Å²) >= 11 is 0. The van der Waals surface area contributed by atoms with E-state index in [2.05, 4.69) is 9.62 Å². The van der Waals surface area contributed by atoms with E-state index in [0.29, 0.717) is 25.2 Å². The predicted octanol–water partition coefficient (Wildman–Crippen LogP) is 1.97. The van der Waals surface area contributed by atoms with Crippen molar-refractivity contribution in [2.45, 2.75) is 11.3 Å². The third-order valence-electron chi connectivity index (χ3n) is 5.21. The summed E-state index contributed by atoms with van der Waals surface area (Å²) in [5, 5.41) is 0. The second-order valence-corrected chi connectivity index (χ2v) is 9.02. The Morgan fingerprint density at radius 2 is 1.81 bits per heavy atom. The van der Waals surface area contributed by atoms with Crippen LogP contribution in [0.1, 0.15) is 16.8 Å². The Kier molecular flexibility index (Phi) is 7.89. The molecule has 1 heterocycles. The first-order valence-corrected chi connectivity index (χ1v) is 11.7. The Balaban J connectivity index is 1.67. The normalized spacial score (nSPS) is 14.9. The number of amides is 1. The van der Waals surface area contributed by atoms with Crippen LogP contribution >= 0.6 is 0 Å². The van der Waals surface area contributed by atoms with Crippen LogP contribution in [-0.2, 0) is 14.8 Å². The van der Waals surface area contributed by atoms with Gasteiger partial charge < -0.3 is 19.3 Å². The molecule has 1 saturated heterocycles. The molecule has 0 aliphatic carbocycles. The zero-order valence-corrected chi connectivity index (χ0v) is 18.7. The summed E-state index contributed by atoms with van der Waals surface area (Å²) in [6.45, 7) is 3.17. The second kappa shape index (κ2) is 10.6. The van der Waals surface area contributed by atoms with E-state index in [-0.39, 0.29) is 24.0 Å². The molecule has 0 unspecified atom stereocenters. The molecule has 1 N–H and O–H groups in total. The fourth-order valence-electron chi connectivity index (χ4n) is 3.51. The van der Waals surface area contributed by atoms with Crippen molar-refractivity contribution in [2.24, 2.45) is 0 Å². The highest BCUT2D eigenvalue weighted by molar-refractivity contribution is 7.89. The van der Waals surface area contributed by atoms with Crippen LogP contribution in [0.4, 0.5) is 5.69 Å². The maximum absolute atomic E-state index is 13.1. The lowest BCUT2D eigenvalue weighted by Crippen LogP contribution is -2.35. The zero-order valence-electron chi connectivity index (χ0n) is 17.9. The van der Waals surface area contributed by atoms with E-state index in [1.807, 2.05) is 24.3 Å². The van der Waals surface area contributed by atoms with Gasteiger partial charge in [0.25, 0.3) is 5.91 Å². The van der Waals surface area contributed by atoms with Crippen molar-refractivity contribution < 1.29 is 22.7 Å². The topological polar surface area (TPSA) is 88.2 Å². The number of ether oxygens (including phenoxy) is 2. The van der Waals surface area contributed by atoms with Crippen LogP contribution in [-0.4, -0.2) is 72.8 Å². The van der Waals surface area contributed by atoms with Gasteiger partial charge in [0, 0.05) is 51.1 Å². The van der Waals surface area contributed by atoms with Crippen molar-refractivity contribution in [3.05, 3.63) is 54.1 Å². The van der Waals surface area contributed by atoms with Gasteiger partial charge in [0.1, 0.15) is 5.75 Å². The van der Waals surface area contributed by atoms with Crippen LogP contribution in [0, 0.1) is 0 Å². The molecule has 9 heteroatoms. The third kappa shape index (κ3) is 5.96. The highest BCUT2D eigenvalue weighted by Gasteiger charge is 2.22. The van der Waals surface area contributed by atoms with Crippen molar-refractivity contribution in [1.29, 1.82) is 0 Å². The van der Waals surface area contributed by atoms with E-state index in [1.54, 1.807) is 24.1 Å². The number of hydrogen-bond acceptors (Lipinski definition) is 6. The summed E-state index contributed by atoms with van der Waals surface area (Å²) in [5.41, 5.74) is 1.46.